The molecule has 0 saturated carbocycles. The van der Waals surface area contributed by atoms with Gasteiger partial charge in [-0.1, -0.05) is 32.8 Å². The highest BCUT2D eigenvalue weighted by atomic mass is 32.2. The Morgan fingerprint density at radius 3 is 2.82 bits per heavy atom. The standard InChI is InChI=1S/C17H23N3OS/c1-3-5-10-19-17-20(11-6-4-2)16(21)15(22-17)12-14-8-7-9-18-13-14/h7-9,12-13H,3-6,10-11H2,1-2H3/b15-12-,19-17?. The maximum Gasteiger partial charge on any atom is 0.266 e. The van der Waals surface area contributed by atoms with Gasteiger partial charge in [-0.25, -0.2) is 0 Å². The van der Waals surface area contributed by atoms with E-state index in [0.29, 0.717) is 0 Å². The molecule has 1 amide bonds. The van der Waals surface area contributed by atoms with Gasteiger partial charge in [-0.2, -0.15) is 0 Å². The molecule has 1 aromatic rings. The molecule has 5 heteroatoms. The van der Waals surface area contributed by atoms with Gasteiger partial charge in [-0.05, 0) is 42.3 Å². The van der Waals surface area contributed by atoms with Crippen LogP contribution in [-0.2, 0) is 4.79 Å². The highest BCUT2D eigenvalue weighted by molar-refractivity contribution is 8.18. The number of carbonyl (C=O) groups is 1. The van der Waals surface area contributed by atoms with E-state index in [2.05, 4.69) is 23.8 Å². The van der Waals surface area contributed by atoms with E-state index in [4.69, 9.17) is 0 Å². The lowest BCUT2D eigenvalue weighted by atomic mass is 10.2. The molecule has 0 unspecified atom stereocenters. The summed E-state index contributed by atoms with van der Waals surface area (Å²) >= 11 is 1.48. The largest absolute Gasteiger partial charge is 0.287 e. The van der Waals surface area contributed by atoms with Crippen LogP contribution in [0, 0.1) is 0 Å². The maximum atomic E-state index is 12.6. The summed E-state index contributed by atoms with van der Waals surface area (Å²) in [7, 11) is 0. The first-order chi connectivity index (χ1) is 10.8. The molecule has 0 aliphatic carbocycles. The predicted octanol–water partition coefficient (Wildman–Crippen LogP) is 3.95. The van der Waals surface area contributed by atoms with Crippen LogP contribution in [0.15, 0.2) is 34.4 Å². The van der Waals surface area contributed by atoms with E-state index in [0.717, 1.165) is 54.4 Å². The Morgan fingerprint density at radius 1 is 1.32 bits per heavy atom. The van der Waals surface area contributed by atoms with Crippen LogP contribution in [0.3, 0.4) is 0 Å². The summed E-state index contributed by atoms with van der Waals surface area (Å²) in [6, 6.07) is 3.83. The highest BCUT2D eigenvalue weighted by Gasteiger charge is 2.32. The van der Waals surface area contributed by atoms with Crippen LogP contribution in [-0.4, -0.2) is 34.0 Å². The van der Waals surface area contributed by atoms with Crippen molar-refractivity contribution in [3.8, 4) is 0 Å². The monoisotopic (exact) mass is 317 g/mol. The summed E-state index contributed by atoms with van der Waals surface area (Å²) < 4.78 is 0. The number of carbonyl (C=O) groups excluding carboxylic acids is 1. The summed E-state index contributed by atoms with van der Waals surface area (Å²) in [5.74, 6) is 0.0672. The molecule has 1 aromatic heterocycles. The number of hydrogen-bond acceptors (Lipinski definition) is 4. The number of aromatic nitrogens is 1. The Hall–Kier alpha value is -1.62. The quantitative estimate of drug-likeness (QED) is 0.565. The number of unbranched alkanes of at least 4 members (excludes halogenated alkanes) is 2. The van der Waals surface area contributed by atoms with E-state index in [1.54, 1.807) is 12.4 Å². The Labute approximate surface area is 136 Å². The van der Waals surface area contributed by atoms with Gasteiger partial charge in [-0.3, -0.25) is 19.7 Å². The Bertz CT molecular complexity index is 554. The first-order valence-corrected chi connectivity index (χ1v) is 8.73. The Balaban J connectivity index is 2.18. The van der Waals surface area contributed by atoms with E-state index >= 15 is 0 Å². The molecule has 0 N–H and O–H groups in total. The number of aliphatic imine (C=N–C) groups is 1. The third kappa shape index (κ3) is 4.44. The second-order valence-electron chi connectivity index (χ2n) is 5.23. The van der Waals surface area contributed by atoms with Gasteiger partial charge in [0.15, 0.2) is 5.17 Å². The first kappa shape index (κ1) is 16.7. The number of hydrogen-bond donors (Lipinski definition) is 0. The molecule has 1 fully saturated rings. The summed E-state index contributed by atoms with van der Waals surface area (Å²) in [6.45, 7) is 5.82. The lowest BCUT2D eigenvalue weighted by Crippen LogP contribution is -2.30. The molecule has 0 atom stereocenters. The van der Waals surface area contributed by atoms with E-state index in [9.17, 15) is 4.79 Å². The zero-order valence-corrected chi connectivity index (χ0v) is 14.1. The SMILES string of the molecule is CCCCN=C1S/C(=C\c2cccnc2)C(=O)N1CCCC. The van der Waals surface area contributed by atoms with Gasteiger partial charge in [0.2, 0.25) is 0 Å². The molecule has 1 saturated heterocycles. The number of pyridine rings is 1. The fraction of sp³-hybridized carbons (Fsp3) is 0.471. The second kappa shape index (κ2) is 8.73. The van der Waals surface area contributed by atoms with Crippen LogP contribution in [0.5, 0.6) is 0 Å². The van der Waals surface area contributed by atoms with Gasteiger partial charge in [0.05, 0.1) is 4.91 Å². The number of thioether (sulfide) groups is 1. The Morgan fingerprint density at radius 2 is 2.14 bits per heavy atom. The van der Waals surface area contributed by atoms with Gasteiger partial charge in [-0.15, -0.1) is 0 Å². The predicted molar refractivity (Wildman–Crippen MR) is 93.6 cm³/mol. The first-order valence-electron chi connectivity index (χ1n) is 7.92. The van der Waals surface area contributed by atoms with E-state index < -0.39 is 0 Å². The maximum absolute atomic E-state index is 12.6. The number of nitrogens with zero attached hydrogens (tertiary/aromatic N) is 3. The molecule has 0 bridgehead atoms. The van der Waals surface area contributed by atoms with Crippen molar-refractivity contribution in [2.75, 3.05) is 13.1 Å². The zero-order valence-electron chi connectivity index (χ0n) is 13.3. The van der Waals surface area contributed by atoms with Gasteiger partial charge < -0.3 is 0 Å². The minimum Gasteiger partial charge on any atom is -0.287 e. The molecule has 22 heavy (non-hydrogen) atoms. The minimum absolute atomic E-state index is 0.0672. The van der Waals surface area contributed by atoms with Crippen molar-refractivity contribution in [1.29, 1.82) is 0 Å². The van der Waals surface area contributed by atoms with E-state index in [1.165, 1.54) is 11.8 Å². The van der Waals surface area contributed by atoms with Crippen molar-refractivity contribution < 1.29 is 4.79 Å². The fourth-order valence-corrected chi connectivity index (χ4v) is 3.11. The highest BCUT2D eigenvalue weighted by Crippen LogP contribution is 2.32. The molecular formula is C17H23N3OS. The lowest BCUT2D eigenvalue weighted by molar-refractivity contribution is -0.122. The van der Waals surface area contributed by atoms with Crippen LogP contribution < -0.4 is 0 Å². The molecule has 2 heterocycles. The molecule has 1 aliphatic rings. The van der Waals surface area contributed by atoms with Crippen molar-refractivity contribution in [2.24, 2.45) is 4.99 Å². The van der Waals surface area contributed by atoms with Crippen LogP contribution >= 0.6 is 11.8 Å². The molecule has 2 rings (SSSR count). The van der Waals surface area contributed by atoms with Crippen molar-refractivity contribution in [1.82, 2.24) is 9.88 Å². The van der Waals surface area contributed by atoms with E-state index in [-0.39, 0.29) is 5.91 Å². The third-order valence-electron chi connectivity index (χ3n) is 3.36. The molecule has 4 nitrogen and oxygen atoms in total. The summed E-state index contributed by atoms with van der Waals surface area (Å²) in [6.07, 6.45) is 9.64. The van der Waals surface area contributed by atoms with Gasteiger partial charge in [0.1, 0.15) is 0 Å². The van der Waals surface area contributed by atoms with Gasteiger partial charge in [0.25, 0.3) is 5.91 Å². The zero-order chi connectivity index (χ0) is 15.8. The average molecular weight is 317 g/mol. The molecule has 0 spiro atoms. The van der Waals surface area contributed by atoms with Gasteiger partial charge in [0, 0.05) is 25.5 Å². The third-order valence-corrected chi connectivity index (χ3v) is 4.41. The Kier molecular flexibility index (Phi) is 6.65. The van der Waals surface area contributed by atoms with Crippen molar-refractivity contribution in [2.45, 2.75) is 39.5 Å². The van der Waals surface area contributed by atoms with Crippen LogP contribution in [0.25, 0.3) is 6.08 Å². The number of rotatable bonds is 7. The normalized spacial score (nSPS) is 18.6. The van der Waals surface area contributed by atoms with Crippen molar-refractivity contribution in [3.63, 3.8) is 0 Å². The molecule has 0 radical (unpaired) electrons. The summed E-state index contributed by atoms with van der Waals surface area (Å²) in [5.41, 5.74) is 0.948. The van der Waals surface area contributed by atoms with E-state index in [1.807, 2.05) is 23.1 Å². The molecule has 1 aliphatic heterocycles. The lowest BCUT2D eigenvalue weighted by Gasteiger charge is -2.14. The van der Waals surface area contributed by atoms with Crippen LogP contribution in [0.4, 0.5) is 0 Å². The smallest absolute Gasteiger partial charge is 0.266 e. The van der Waals surface area contributed by atoms with Gasteiger partial charge >= 0.3 is 0 Å². The number of amidine groups is 1. The van der Waals surface area contributed by atoms with Crippen molar-refractivity contribution >= 4 is 28.9 Å². The topological polar surface area (TPSA) is 45.6 Å². The summed E-state index contributed by atoms with van der Waals surface area (Å²) in [4.78, 5) is 23.9. The van der Waals surface area contributed by atoms with Crippen LogP contribution in [0.1, 0.15) is 45.1 Å². The second-order valence-corrected chi connectivity index (χ2v) is 6.23. The molecule has 0 aromatic carbocycles. The molecule has 118 valence electrons. The van der Waals surface area contributed by atoms with Crippen LogP contribution in [0.2, 0.25) is 0 Å². The summed E-state index contributed by atoms with van der Waals surface area (Å²) in [5, 5.41) is 0.849. The average Bonchev–Trinajstić information content (AvgIpc) is 2.82. The molecular weight excluding hydrogens is 294 g/mol. The fourth-order valence-electron chi connectivity index (χ4n) is 2.08. The van der Waals surface area contributed by atoms with Crippen molar-refractivity contribution in [3.05, 3.63) is 35.0 Å². The minimum atomic E-state index is 0.0672. The number of amides is 1.